The molecule has 5 nitrogen and oxygen atoms in total. The third-order valence-corrected chi connectivity index (χ3v) is 5.51. The summed E-state index contributed by atoms with van der Waals surface area (Å²) in [6.07, 6.45) is 1.66. The first-order chi connectivity index (χ1) is 9.30. The molecule has 0 unspecified atom stereocenters. The van der Waals surface area contributed by atoms with Gasteiger partial charge in [0.15, 0.2) is 0 Å². The molecule has 1 heterocycles. The second kappa shape index (κ2) is 5.35. The molecule has 0 aromatic heterocycles. The quantitative estimate of drug-likeness (QED) is 0.890. The first kappa shape index (κ1) is 15.3. The van der Waals surface area contributed by atoms with Crippen molar-refractivity contribution in [2.45, 2.75) is 30.3 Å². The normalized spacial score (nSPS) is 18.1. The zero-order valence-electron chi connectivity index (χ0n) is 12.2. The van der Waals surface area contributed by atoms with Crippen LogP contribution in [0.1, 0.15) is 19.8 Å². The molecule has 1 aromatic carbocycles. The lowest BCUT2D eigenvalue weighted by Crippen LogP contribution is -2.62. The molecule has 1 aliphatic heterocycles. The van der Waals surface area contributed by atoms with Crippen LogP contribution in [0.4, 0.5) is 5.69 Å². The zero-order valence-corrected chi connectivity index (χ0v) is 13.0. The topological polar surface area (TPSA) is 60.9 Å². The Morgan fingerprint density at radius 1 is 1.30 bits per heavy atom. The average Bonchev–Trinajstić information content (AvgIpc) is 2.36. The number of anilines is 1. The summed E-state index contributed by atoms with van der Waals surface area (Å²) in [5.41, 5.74) is -0.00835. The molecular formula is C14H22N2O3S. The lowest BCUT2D eigenvalue weighted by Gasteiger charge is -2.48. The van der Waals surface area contributed by atoms with Crippen LogP contribution >= 0.6 is 0 Å². The van der Waals surface area contributed by atoms with Crippen LogP contribution in [-0.4, -0.2) is 50.6 Å². The van der Waals surface area contributed by atoms with Crippen LogP contribution in [0.3, 0.4) is 0 Å². The summed E-state index contributed by atoms with van der Waals surface area (Å²) in [5.74, 6) is 0. The van der Waals surface area contributed by atoms with Gasteiger partial charge in [0, 0.05) is 27.2 Å². The summed E-state index contributed by atoms with van der Waals surface area (Å²) < 4.78 is 25.9. The molecule has 0 amide bonds. The van der Waals surface area contributed by atoms with E-state index < -0.39 is 15.6 Å². The summed E-state index contributed by atoms with van der Waals surface area (Å²) in [7, 11) is -0.421. The summed E-state index contributed by atoms with van der Waals surface area (Å²) >= 11 is 0. The Bertz CT molecular complexity index is 578. The Morgan fingerprint density at radius 2 is 1.90 bits per heavy atom. The molecule has 20 heavy (non-hydrogen) atoms. The predicted octanol–water partition coefficient (Wildman–Crippen LogP) is 1.29. The smallest absolute Gasteiger partial charge is 0.244 e. The van der Waals surface area contributed by atoms with Gasteiger partial charge < -0.3 is 10.0 Å². The van der Waals surface area contributed by atoms with Crippen LogP contribution in [0, 0.1) is 0 Å². The van der Waals surface area contributed by atoms with Crippen molar-refractivity contribution in [1.29, 1.82) is 0 Å². The van der Waals surface area contributed by atoms with Gasteiger partial charge in [0.1, 0.15) is 4.90 Å². The van der Waals surface area contributed by atoms with Gasteiger partial charge in [-0.25, -0.2) is 12.7 Å². The molecule has 112 valence electrons. The molecular weight excluding hydrogens is 276 g/mol. The maximum Gasteiger partial charge on any atom is 0.244 e. The van der Waals surface area contributed by atoms with E-state index in [1.807, 2.05) is 17.9 Å². The van der Waals surface area contributed by atoms with E-state index >= 15 is 0 Å². The van der Waals surface area contributed by atoms with Gasteiger partial charge in [-0.3, -0.25) is 0 Å². The number of aliphatic hydroxyl groups is 1. The fourth-order valence-electron chi connectivity index (χ4n) is 2.59. The van der Waals surface area contributed by atoms with E-state index in [1.54, 1.807) is 18.2 Å². The van der Waals surface area contributed by atoms with E-state index in [0.29, 0.717) is 23.7 Å². The maximum atomic E-state index is 12.3. The Kier molecular flexibility index (Phi) is 4.09. The largest absolute Gasteiger partial charge is 0.386 e. The van der Waals surface area contributed by atoms with Crippen molar-refractivity contribution >= 4 is 15.7 Å². The van der Waals surface area contributed by atoms with Gasteiger partial charge in [-0.05, 0) is 18.6 Å². The highest BCUT2D eigenvalue weighted by Gasteiger charge is 2.41. The van der Waals surface area contributed by atoms with Crippen molar-refractivity contribution in [3.63, 3.8) is 0 Å². The van der Waals surface area contributed by atoms with Crippen LogP contribution in [0.5, 0.6) is 0 Å². The van der Waals surface area contributed by atoms with E-state index in [-0.39, 0.29) is 0 Å². The van der Waals surface area contributed by atoms with E-state index in [4.69, 9.17) is 0 Å². The first-order valence-electron chi connectivity index (χ1n) is 6.79. The molecule has 0 saturated carbocycles. The Hall–Kier alpha value is -1.11. The highest BCUT2D eigenvalue weighted by molar-refractivity contribution is 7.89. The van der Waals surface area contributed by atoms with Gasteiger partial charge in [0.25, 0.3) is 0 Å². The third-order valence-electron chi connectivity index (χ3n) is 3.65. The molecule has 0 radical (unpaired) electrons. The minimum absolute atomic E-state index is 0.295. The molecule has 0 aliphatic carbocycles. The number of benzene rings is 1. The van der Waals surface area contributed by atoms with Gasteiger partial charge in [-0.15, -0.1) is 0 Å². The van der Waals surface area contributed by atoms with Crippen molar-refractivity contribution in [1.82, 2.24) is 4.31 Å². The molecule has 1 fully saturated rings. The number of nitrogens with zero attached hydrogens (tertiary/aromatic N) is 2. The van der Waals surface area contributed by atoms with Gasteiger partial charge in [0.2, 0.25) is 10.0 Å². The molecule has 2 rings (SSSR count). The van der Waals surface area contributed by atoms with Crippen molar-refractivity contribution in [3.05, 3.63) is 24.3 Å². The Morgan fingerprint density at radius 3 is 2.45 bits per heavy atom. The van der Waals surface area contributed by atoms with Crippen LogP contribution < -0.4 is 4.90 Å². The van der Waals surface area contributed by atoms with Crippen molar-refractivity contribution in [2.24, 2.45) is 0 Å². The Balaban J connectivity index is 2.28. The molecule has 1 N–H and O–H groups in total. The van der Waals surface area contributed by atoms with Gasteiger partial charge in [-0.1, -0.05) is 25.5 Å². The number of para-hydroxylation sites is 1. The van der Waals surface area contributed by atoms with Crippen LogP contribution in [-0.2, 0) is 10.0 Å². The fourth-order valence-corrected chi connectivity index (χ4v) is 3.70. The highest BCUT2D eigenvalue weighted by Crippen LogP contribution is 2.35. The molecule has 6 heteroatoms. The third kappa shape index (κ3) is 2.68. The number of hydrogen-bond acceptors (Lipinski definition) is 4. The number of β-amino-alcohol motifs (C(OH)–C–C–N with tert-alkyl or cyclic N) is 1. The van der Waals surface area contributed by atoms with Gasteiger partial charge >= 0.3 is 0 Å². The minimum Gasteiger partial charge on any atom is -0.386 e. The molecule has 0 spiro atoms. The van der Waals surface area contributed by atoms with E-state index in [9.17, 15) is 13.5 Å². The lowest BCUT2D eigenvalue weighted by molar-refractivity contribution is 0.00310. The minimum atomic E-state index is -3.47. The molecule has 1 aromatic rings. The number of rotatable bonds is 5. The summed E-state index contributed by atoms with van der Waals surface area (Å²) in [6, 6.07) is 6.95. The van der Waals surface area contributed by atoms with Crippen LogP contribution in [0.25, 0.3) is 0 Å². The second-order valence-electron chi connectivity index (χ2n) is 5.59. The van der Waals surface area contributed by atoms with Crippen molar-refractivity contribution < 1.29 is 13.5 Å². The lowest BCUT2D eigenvalue weighted by atomic mass is 9.89. The van der Waals surface area contributed by atoms with Gasteiger partial charge in [-0.2, -0.15) is 0 Å². The van der Waals surface area contributed by atoms with Crippen molar-refractivity contribution in [2.75, 3.05) is 32.1 Å². The average molecular weight is 298 g/mol. The predicted molar refractivity (Wildman–Crippen MR) is 79.4 cm³/mol. The molecule has 0 bridgehead atoms. The Labute approximate surface area is 120 Å². The molecule has 1 aliphatic rings. The molecule has 1 saturated heterocycles. The zero-order chi connectivity index (χ0) is 15.0. The van der Waals surface area contributed by atoms with Crippen LogP contribution in [0.15, 0.2) is 29.2 Å². The fraction of sp³-hybridized carbons (Fsp3) is 0.571. The monoisotopic (exact) mass is 298 g/mol. The second-order valence-corrected chi connectivity index (χ2v) is 7.71. The number of sulfonamides is 1. The summed E-state index contributed by atoms with van der Waals surface area (Å²) in [5, 5.41) is 10.2. The molecule has 0 atom stereocenters. The highest BCUT2D eigenvalue weighted by atomic mass is 32.2. The van der Waals surface area contributed by atoms with E-state index in [1.165, 1.54) is 18.4 Å². The number of hydrogen-bond donors (Lipinski definition) is 1. The van der Waals surface area contributed by atoms with E-state index in [2.05, 4.69) is 0 Å². The van der Waals surface area contributed by atoms with Crippen molar-refractivity contribution in [3.8, 4) is 0 Å². The standard InChI is InChI=1S/C14H22N2O3S/c1-4-9-14(17)10-16(11-14)12-7-5-6-8-13(12)20(18,19)15(2)3/h5-8,17H,4,9-11H2,1-3H3. The summed E-state index contributed by atoms with van der Waals surface area (Å²) in [6.45, 7) is 3.01. The first-order valence-corrected chi connectivity index (χ1v) is 8.23. The maximum absolute atomic E-state index is 12.3. The van der Waals surface area contributed by atoms with E-state index in [0.717, 1.165) is 12.8 Å². The van der Waals surface area contributed by atoms with Crippen LogP contribution in [0.2, 0.25) is 0 Å². The summed E-state index contributed by atoms with van der Waals surface area (Å²) in [4.78, 5) is 2.22. The SMILES string of the molecule is CCCC1(O)CN(c2ccccc2S(=O)(=O)N(C)C)C1. The van der Waals surface area contributed by atoms with Gasteiger partial charge in [0.05, 0.1) is 11.3 Å².